The molecule has 4 fully saturated rings. The number of carbonyl (C=O) groups is 3. The molecule has 0 saturated heterocycles. The average molecular weight is 451 g/mol. The lowest BCUT2D eigenvalue weighted by Gasteiger charge is -2.56. The van der Waals surface area contributed by atoms with E-state index in [1.54, 1.807) is 18.2 Å². The first-order valence-corrected chi connectivity index (χ1v) is 11.0. The third-order valence-corrected chi connectivity index (χ3v) is 7.11. The van der Waals surface area contributed by atoms with E-state index in [2.05, 4.69) is 10.6 Å². The molecule has 8 heteroatoms. The van der Waals surface area contributed by atoms with Crippen LogP contribution in [0.4, 0.5) is 4.79 Å². The van der Waals surface area contributed by atoms with Crippen LogP contribution in [-0.4, -0.2) is 30.1 Å². The summed E-state index contributed by atoms with van der Waals surface area (Å²) in [7, 11) is 0. The fraction of sp³-hybridized carbons (Fsp3) is 0.500. The second kappa shape index (κ2) is 8.60. The first kappa shape index (κ1) is 21.2. The van der Waals surface area contributed by atoms with Crippen LogP contribution in [0.25, 0.3) is 6.08 Å². The normalized spacial score (nSPS) is 29.1. The van der Waals surface area contributed by atoms with Crippen molar-refractivity contribution in [2.45, 2.75) is 44.1 Å². The van der Waals surface area contributed by atoms with E-state index in [1.807, 2.05) is 0 Å². The van der Waals surface area contributed by atoms with Gasteiger partial charge >= 0.3 is 12.0 Å². The van der Waals surface area contributed by atoms with Crippen molar-refractivity contribution in [3.8, 4) is 0 Å². The standard InChI is InChI=1S/C22H24Cl2N2O4/c23-17-3-1-13(8-18(17)24)2-4-20(28)30-12-19(27)25-21(29)26-22-9-14-5-15(10-22)7-16(6-14)11-22/h1-4,8,14-16H,5-7,9-12H2,(H2,25,26,27,29). The van der Waals surface area contributed by atoms with E-state index in [0.717, 1.165) is 19.3 Å². The van der Waals surface area contributed by atoms with Gasteiger partial charge < -0.3 is 10.1 Å². The number of halogens is 2. The summed E-state index contributed by atoms with van der Waals surface area (Å²) in [6.07, 6.45) is 9.48. The van der Waals surface area contributed by atoms with Crippen molar-refractivity contribution in [2.75, 3.05) is 6.61 Å². The monoisotopic (exact) mass is 450 g/mol. The Labute approximate surface area is 185 Å². The minimum absolute atomic E-state index is 0.182. The van der Waals surface area contributed by atoms with Crippen LogP contribution in [0.15, 0.2) is 24.3 Å². The van der Waals surface area contributed by atoms with Gasteiger partial charge in [0.15, 0.2) is 6.61 Å². The molecule has 0 unspecified atom stereocenters. The topological polar surface area (TPSA) is 84.5 Å². The number of hydrogen-bond donors (Lipinski definition) is 2. The summed E-state index contributed by atoms with van der Waals surface area (Å²) < 4.78 is 4.90. The van der Waals surface area contributed by atoms with E-state index in [1.165, 1.54) is 31.4 Å². The van der Waals surface area contributed by atoms with Crippen LogP contribution >= 0.6 is 23.2 Å². The molecule has 1 aromatic rings. The number of urea groups is 1. The summed E-state index contributed by atoms with van der Waals surface area (Å²) in [6, 6.07) is 4.41. The van der Waals surface area contributed by atoms with Crippen LogP contribution in [0.3, 0.4) is 0 Å². The molecule has 6 nitrogen and oxygen atoms in total. The first-order valence-electron chi connectivity index (χ1n) is 10.2. The molecule has 3 amide bonds. The summed E-state index contributed by atoms with van der Waals surface area (Å²) in [5, 5.41) is 6.11. The Balaban J connectivity index is 1.22. The Kier molecular flexibility index (Phi) is 6.07. The molecule has 4 aliphatic carbocycles. The minimum atomic E-state index is -0.697. The number of benzene rings is 1. The van der Waals surface area contributed by atoms with Gasteiger partial charge in [-0.1, -0.05) is 29.3 Å². The highest BCUT2D eigenvalue weighted by Crippen LogP contribution is 2.55. The van der Waals surface area contributed by atoms with E-state index >= 15 is 0 Å². The Hall–Kier alpha value is -2.05. The number of nitrogens with one attached hydrogen (secondary N) is 2. The summed E-state index contributed by atoms with van der Waals surface area (Å²) >= 11 is 11.8. The molecular weight excluding hydrogens is 427 g/mol. The van der Waals surface area contributed by atoms with Gasteiger partial charge in [-0.2, -0.15) is 0 Å². The molecule has 0 aromatic heterocycles. The maximum absolute atomic E-state index is 12.3. The van der Waals surface area contributed by atoms with E-state index < -0.39 is 24.5 Å². The van der Waals surface area contributed by atoms with Gasteiger partial charge in [-0.25, -0.2) is 9.59 Å². The van der Waals surface area contributed by atoms with Crippen molar-refractivity contribution in [3.63, 3.8) is 0 Å². The molecule has 0 heterocycles. The fourth-order valence-corrected chi connectivity index (χ4v) is 5.97. The van der Waals surface area contributed by atoms with Crippen molar-refractivity contribution in [2.24, 2.45) is 17.8 Å². The van der Waals surface area contributed by atoms with Gasteiger partial charge in [0.25, 0.3) is 5.91 Å². The predicted molar refractivity (Wildman–Crippen MR) is 114 cm³/mol. The molecule has 0 aliphatic heterocycles. The lowest BCUT2D eigenvalue weighted by Crippen LogP contribution is -2.62. The largest absolute Gasteiger partial charge is 0.452 e. The quantitative estimate of drug-likeness (QED) is 0.515. The molecule has 160 valence electrons. The predicted octanol–water partition coefficient (Wildman–Crippen LogP) is 4.34. The lowest BCUT2D eigenvalue weighted by atomic mass is 9.53. The number of esters is 1. The van der Waals surface area contributed by atoms with Crippen molar-refractivity contribution in [1.82, 2.24) is 10.6 Å². The number of carbonyl (C=O) groups excluding carboxylic acids is 3. The molecular formula is C22H24Cl2N2O4. The molecule has 1 aromatic carbocycles. The Bertz CT molecular complexity index is 864. The van der Waals surface area contributed by atoms with Crippen LogP contribution in [0.2, 0.25) is 10.0 Å². The third-order valence-electron chi connectivity index (χ3n) is 6.37. The molecule has 30 heavy (non-hydrogen) atoms. The van der Waals surface area contributed by atoms with Crippen molar-refractivity contribution >= 4 is 47.2 Å². The van der Waals surface area contributed by atoms with Crippen molar-refractivity contribution < 1.29 is 19.1 Å². The molecule has 5 rings (SSSR count). The second-order valence-corrected chi connectivity index (χ2v) is 9.63. The number of rotatable bonds is 5. The highest BCUT2D eigenvalue weighted by Gasteiger charge is 2.51. The van der Waals surface area contributed by atoms with Gasteiger partial charge in [-0.05, 0) is 80.1 Å². The number of imide groups is 1. The van der Waals surface area contributed by atoms with Crippen LogP contribution in [0.5, 0.6) is 0 Å². The number of hydrogen-bond acceptors (Lipinski definition) is 4. The zero-order valence-electron chi connectivity index (χ0n) is 16.5. The lowest BCUT2D eigenvalue weighted by molar-refractivity contribution is -0.143. The second-order valence-electron chi connectivity index (χ2n) is 8.81. The molecule has 4 aliphatic rings. The number of amides is 3. The van der Waals surface area contributed by atoms with E-state index in [4.69, 9.17) is 27.9 Å². The summed E-state index contributed by atoms with van der Waals surface area (Å²) in [4.78, 5) is 36.1. The van der Waals surface area contributed by atoms with Gasteiger partial charge in [-0.15, -0.1) is 0 Å². The van der Waals surface area contributed by atoms with E-state index in [-0.39, 0.29) is 5.54 Å². The van der Waals surface area contributed by atoms with Crippen LogP contribution < -0.4 is 10.6 Å². The van der Waals surface area contributed by atoms with Crippen molar-refractivity contribution in [3.05, 3.63) is 39.9 Å². The van der Waals surface area contributed by atoms with Gasteiger partial charge in [0, 0.05) is 11.6 Å². The van der Waals surface area contributed by atoms with Gasteiger partial charge in [0.1, 0.15) is 0 Å². The third kappa shape index (κ3) is 4.98. The first-order chi connectivity index (χ1) is 14.3. The molecule has 4 saturated carbocycles. The Morgan fingerprint density at radius 2 is 1.67 bits per heavy atom. The van der Waals surface area contributed by atoms with Gasteiger partial charge in [-0.3, -0.25) is 10.1 Å². The zero-order valence-corrected chi connectivity index (χ0v) is 18.0. The number of ether oxygens (including phenoxy) is 1. The average Bonchev–Trinajstić information content (AvgIpc) is 2.65. The van der Waals surface area contributed by atoms with E-state index in [9.17, 15) is 14.4 Å². The zero-order chi connectivity index (χ0) is 21.3. The highest BCUT2D eigenvalue weighted by atomic mass is 35.5. The SMILES string of the molecule is O=C(COC(=O)C=Cc1ccc(Cl)c(Cl)c1)NC(=O)NC12CC3CC(CC(C3)C1)C2. The smallest absolute Gasteiger partial charge is 0.331 e. The van der Waals surface area contributed by atoms with Crippen LogP contribution in [0.1, 0.15) is 44.1 Å². The maximum Gasteiger partial charge on any atom is 0.331 e. The van der Waals surface area contributed by atoms with E-state index in [0.29, 0.717) is 33.4 Å². The Morgan fingerprint density at radius 1 is 1.03 bits per heavy atom. The molecule has 2 N–H and O–H groups in total. The minimum Gasteiger partial charge on any atom is -0.452 e. The van der Waals surface area contributed by atoms with Gasteiger partial charge in [0.05, 0.1) is 10.0 Å². The van der Waals surface area contributed by atoms with Crippen molar-refractivity contribution in [1.29, 1.82) is 0 Å². The summed E-state index contributed by atoms with van der Waals surface area (Å²) in [5.74, 6) is 0.716. The highest BCUT2D eigenvalue weighted by molar-refractivity contribution is 6.42. The van der Waals surface area contributed by atoms with Gasteiger partial charge in [0.2, 0.25) is 0 Å². The Morgan fingerprint density at radius 3 is 2.27 bits per heavy atom. The van der Waals surface area contributed by atoms with Crippen LogP contribution in [0, 0.1) is 17.8 Å². The molecule has 0 spiro atoms. The van der Waals surface area contributed by atoms with Crippen LogP contribution in [-0.2, 0) is 14.3 Å². The summed E-state index contributed by atoms with van der Waals surface area (Å²) in [5.41, 5.74) is 0.485. The molecule has 4 bridgehead atoms. The molecule has 0 radical (unpaired) electrons. The fourth-order valence-electron chi connectivity index (χ4n) is 5.66. The maximum atomic E-state index is 12.3. The molecule has 0 atom stereocenters. The summed E-state index contributed by atoms with van der Waals surface area (Å²) in [6.45, 7) is -0.529.